The number of nitrogens with two attached hydrogens (primary N) is 1. The first kappa shape index (κ1) is 11.9. The third-order valence-corrected chi connectivity index (χ3v) is 3.19. The number of likely N-dealkylation sites (tertiary alicyclic amines) is 1. The van der Waals surface area contributed by atoms with E-state index in [2.05, 4.69) is 4.98 Å². The Morgan fingerprint density at radius 1 is 1.59 bits per heavy atom. The maximum atomic E-state index is 12.1. The maximum Gasteiger partial charge on any atom is 0.260 e. The zero-order chi connectivity index (χ0) is 12.3. The molecule has 1 aromatic rings. The van der Waals surface area contributed by atoms with E-state index in [1.54, 1.807) is 17.0 Å². The van der Waals surface area contributed by atoms with Crippen LogP contribution in [0.25, 0.3) is 0 Å². The van der Waals surface area contributed by atoms with Gasteiger partial charge in [-0.3, -0.25) is 9.59 Å². The Bertz CT molecular complexity index is 455. The quantitative estimate of drug-likeness (QED) is 0.767. The van der Waals surface area contributed by atoms with Crippen molar-refractivity contribution in [3.05, 3.63) is 34.2 Å². The molecule has 0 bridgehead atoms. The Morgan fingerprint density at radius 2 is 2.41 bits per heavy atom. The van der Waals surface area contributed by atoms with Crippen LogP contribution in [0.15, 0.2) is 23.1 Å². The van der Waals surface area contributed by atoms with E-state index < -0.39 is 0 Å². The number of nitrogens with zero attached hydrogens (tertiary/aromatic N) is 1. The summed E-state index contributed by atoms with van der Waals surface area (Å²) in [5.41, 5.74) is 5.51. The molecule has 2 rings (SSSR count). The summed E-state index contributed by atoms with van der Waals surface area (Å²) in [6, 6.07) is 3.23. The lowest BCUT2D eigenvalue weighted by Gasteiger charge is -2.31. The van der Waals surface area contributed by atoms with Crippen molar-refractivity contribution in [1.29, 1.82) is 0 Å². The van der Waals surface area contributed by atoms with Gasteiger partial charge < -0.3 is 15.6 Å². The molecule has 1 fully saturated rings. The van der Waals surface area contributed by atoms with Gasteiger partial charge in [0.1, 0.15) is 5.56 Å². The average Bonchev–Trinajstić information content (AvgIpc) is 2.38. The Labute approximate surface area is 99.6 Å². The summed E-state index contributed by atoms with van der Waals surface area (Å²) >= 11 is 0. The molecule has 1 atom stereocenters. The Morgan fingerprint density at radius 3 is 3.12 bits per heavy atom. The van der Waals surface area contributed by atoms with Gasteiger partial charge in [0.05, 0.1) is 0 Å². The Balaban J connectivity index is 2.15. The second-order valence-electron chi connectivity index (χ2n) is 4.41. The molecule has 3 N–H and O–H groups in total. The molecule has 0 aliphatic carbocycles. The molecular formula is C12H17N3O2. The van der Waals surface area contributed by atoms with Crippen LogP contribution in [0, 0.1) is 5.92 Å². The first-order chi connectivity index (χ1) is 8.22. The van der Waals surface area contributed by atoms with Crippen molar-refractivity contribution < 1.29 is 4.79 Å². The topological polar surface area (TPSA) is 79.2 Å². The Kier molecular flexibility index (Phi) is 3.58. The summed E-state index contributed by atoms with van der Waals surface area (Å²) in [5, 5.41) is 0. The molecule has 92 valence electrons. The highest BCUT2D eigenvalue weighted by Crippen LogP contribution is 2.16. The smallest absolute Gasteiger partial charge is 0.260 e. The summed E-state index contributed by atoms with van der Waals surface area (Å²) < 4.78 is 0. The minimum atomic E-state index is -0.327. The fourth-order valence-electron chi connectivity index (χ4n) is 2.20. The standard InChI is InChI=1S/C12H17N3O2/c13-7-9-3-2-6-15(8-9)12(17)10-4-1-5-14-11(10)16/h1,4-5,9H,2-3,6-8,13H2,(H,14,16)/t9-/m1/s1. The van der Waals surface area contributed by atoms with Gasteiger partial charge in [-0.2, -0.15) is 0 Å². The number of carbonyl (C=O) groups is 1. The molecule has 1 aliphatic rings. The van der Waals surface area contributed by atoms with E-state index in [-0.39, 0.29) is 17.0 Å². The third-order valence-electron chi connectivity index (χ3n) is 3.19. The molecule has 0 spiro atoms. The number of pyridine rings is 1. The molecule has 2 heterocycles. The van der Waals surface area contributed by atoms with Gasteiger partial charge >= 0.3 is 0 Å². The number of amides is 1. The van der Waals surface area contributed by atoms with Gasteiger partial charge in [0.2, 0.25) is 0 Å². The molecule has 17 heavy (non-hydrogen) atoms. The number of hydrogen-bond donors (Lipinski definition) is 2. The summed E-state index contributed by atoms with van der Waals surface area (Å²) in [4.78, 5) is 27.9. The fourth-order valence-corrected chi connectivity index (χ4v) is 2.20. The molecular weight excluding hydrogens is 218 g/mol. The summed E-state index contributed by atoms with van der Waals surface area (Å²) in [6.45, 7) is 1.96. The van der Waals surface area contributed by atoms with Crippen molar-refractivity contribution >= 4 is 5.91 Å². The van der Waals surface area contributed by atoms with E-state index in [0.29, 0.717) is 25.6 Å². The van der Waals surface area contributed by atoms with Crippen LogP contribution >= 0.6 is 0 Å². The first-order valence-corrected chi connectivity index (χ1v) is 5.89. The second-order valence-corrected chi connectivity index (χ2v) is 4.41. The van der Waals surface area contributed by atoms with Gasteiger partial charge in [-0.05, 0) is 37.4 Å². The predicted molar refractivity (Wildman–Crippen MR) is 64.7 cm³/mol. The lowest BCUT2D eigenvalue weighted by Crippen LogP contribution is -2.43. The minimum Gasteiger partial charge on any atom is -0.338 e. The molecule has 0 saturated carbocycles. The number of rotatable bonds is 2. The van der Waals surface area contributed by atoms with Crippen LogP contribution in [0.2, 0.25) is 0 Å². The minimum absolute atomic E-state index is 0.190. The SMILES string of the molecule is NC[C@H]1CCCN(C(=O)c2ccc[nH]c2=O)C1. The summed E-state index contributed by atoms with van der Waals surface area (Å²) in [7, 11) is 0. The highest BCUT2D eigenvalue weighted by Gasteiger charge is 2.24. The van der Waals surface area contributed by atoms with Gasteiger partial charge in [0, 0.05) is 19.3 Å². The average molecular weight is 235 g/mol. The van der Waals surface area contributed by atoms with Crippen molar-refractivity contribution in [3.8, 4) is 0 Å². The van der Waals surface area contributed by atoms with Gasteiger partial charge in [-0.1, -0.05) is 0 Å². The predicted octanol–water partition coefficient (Wildman–Crippen LogP) is 0.186. The third kappa shape index (κ3) is 2.55. The van der Waals surface area contributed by atoms with Crippen LogP contribution in [0.1, 0.15) is 23.2 Å². The van der Waals surface area contributed by atoms with Crippen LogP contribution in [0.3, 0.4) is 0 Å². The fraction of sp³-hybridized carbons (Fsp3) is 0.500. The van der Waals surface area contributed by atoms with Crippen molar-refractivity contribution in [2.75, 3.05) is 19.6 Å². The molecule has 1 amide bonds. The van der Waals surface area contributed by atoms with E-state index >= 15 is 0 Å². The molecule has 1 aliphatic heterocycles. The van der Waals surface area contributed by atoms with Crippen LogP contribution in [-0.2, 0) is 0 Å². The van der Waals surface area contributed by atoms with Crippen LogP contribution in [0.5, 0.6) is 0 Å². The van der Waals surface area contributed by atoms with Gasteiger partial charge in [0.25, 0.3) is 11.5 Å². The normalized spacial score (nSPS) is 20.3. The summed E-state index contributed by atoms with van der Waals surface area (Å²) in [6.07, 6.45) is 3.54. The molecule has 1 aromatic heterocycles. The highest BCUT2D eigenvalue weighted by atomic mass is 16.2. The van der Waals surface area contributed by atoms with Crippen LogP contribution < -0.4 is 11.3 Å². The molecule has 0 aromatic carbocycles. The molecule has 0 unspecified atom stereocenters. The number of aromatic amines is 1. The Hall–Kier alpha value is -1.62. The monoisotopic (exact) mass is 235 g/mol. The van der Waals surface area contributed by atoms with Gasteiger partial charge in [0.15, 0.2) is 0 Å². The second kappa shape index (κ2) is 5.14. The molecule has 1 saturated heterocycles. The van der Waals surface area contributed by atoms with E-state index in [1.165, 1.54) is 6.20 Å². The number of H-pyrrole nitrogens is 1. The summed E-state index contributed by atoms with van der Waals surface area (Å²) in [5.74, 6) is 0.167. The highest BCUT2D eigenvalue weighted by molar-refractivity contribution is 5.93. The maximum absolute atomic E-state index is 12.1. The van der Waals surface area contributed by atoms with E-state index in [1.807, 2.05) is 0 Å². The lowest BCUT2D eigenvalue weighted by molar-refractivity contribution is 0.0676. The van der Waals surface area contributed by atoms with Crippen molar-refractivity contribution in [1.82, 2.24) is 9.88 Å². The van der Waals surface area contributed by atoms with E-state index in [9.17, 15) is 9.59 Å². The molecule has 0 radical (unpaired) electrons. The largest absolute Gasteiger partial charge is 0.338 e. The number of nitrogens with one attached hydrogen (secondary N) is 1. The zero-order valence-corrected chi connectivity index (χ0v) is 9.69. The first-order valence-electron chi connectivity index (χ1n) is 5.89. The van der Waals surface area contributed by atoms with Crippen LogP contribution in [-0.4, -0.2) is 35.4 Å². The van der Waals surface area contributed by atoms with Crippen molar-refractivity contribution in [2.24, 2.45) is 11.7 Å². The number of aromatic nitrogens is 1. The number of piperidine rings is 1. The van der Waals surface area contributed by atoms with E-state index in [4.69, 9.17) is 5.73 Å². The lowest BCUT2D eigenvalue weighted by atomic mass is 9.98. The van der Waals surface area contributed by atoms with Crippen molar-refractivity contribution in [2.45, 2.75) is 12.8 Å². The van der Waals surface area contributed by atoms with E-state index in [0.717, 1.165) is 12.8 Å². The van der Waals surface area contributed by atoms with Crippen LogP contribution in [0.4, 0.5) is 0 Å². The number of hydrogen-bond acceptors (Lipinski definition) is 3. The van der Waals surface area contributed by atoms with Gasteiger partial charge in [-0.15, -0.1) is 0 Å². The van der Waals surface area contributed by atoms with Gasteiger partial charge in [-0.25, -0.2) is 0 Å². The molecule has 5 nitrogen and oxygen atoms in total. The zero-order valence-electron chi connectivity index (χ0n) is 9.69. The van der Waals surface area contributed by atoms with Crippen molar-refractivity contribution in [3.63, 3.8) is 0 Å². The number of carbonyl (C=O) groups excluding carboxylic acids is 1. The molecule has 5 heteroatoms.